The molecular formula is C19H31IN6O. The summed E-state index contributed by atoms with van der Waals surface area (Å²) in [4.78, 5) is 11.8. The molecule has 8 heteroatoms. The Morgan fingerprint density at radius 1 is 1.26 bits per heavy atom. The number of aromatic nitrogens is 2. The van der Waals surface area contributed by atoms with Crippen molar-refractivity contribution in [3.63, 3.8) is 0 Å². The van der Waals surface area contributed by atoms with Gasteiger partial charge in [0.2, 0.25) is 0 Å². The largest absolute Gasteiger partial charge is 0.379 e. The molecule has 2 aromatic rings. The maximum atomic E-state index is 5.38. The van der Waals surface area contributed by atoms with Gasteiger partial charge in [-0.25, -0.2) is 4.98 Å². The van der Waals surface area contributed by atoms with Crippen LogP contribution in [0.1, 0.15) is 19.0 Å². The maximum absolute atomic E-state index is 5.38. The van der Waals surface area contributed by atoms with Gasteiger partial charge in [-0.3, -0.25) is 9.89 Å². The molecule has 3 rings (SSSR count). The zero-order valence-corrected chi connectivity index (χ0v) is 18.4. The molecule has 1 aliphatic rings. The highest BCUT2D eigenvalue weighted by molar-refractivity contribution is 14.0. The van der Waals surface area contributed by atoms with E-state index in [1.165, 1.54) is 0 Å². The smallest absolute Gasteiger partial charge is 0.191 e. The second-order valence-electron chi connectivity index (χ2n) is 6.44. The molecule has 7 nitrogen and oxygen atoms in total. The van der Waals surface area contributed by atoms with E-state index in [9.17, 15) is 0 Å². The number of halogens is 1. The van der Waals surface area contributed by atoms with E-state index >= 15 is 0 Å². The third kappa shape index (κ3) is 7.27. The summed E-state index contributed by atoms with van der Waals surface area (Å²) in [5.74, 6) is 0.887. The molecule has 1 aliphatic heterocycles. The summed E-state index contributed by atoms with van der Waals surface area (Å²) in [5.41, 5.74) is 2.08. The molecule has 1 fully saturated rings. The third-order valence-electron chi connectivity index (χ3n) is 4.44. The van der Waals surface area contributed by atoms with Crippen LogP contribution in [-0.4, -0.2) is 72.7 Å². The van der Waals surface area contributed by atoms with E-state index in [-0.39, 0.29) is 24.0 Å². The molecular weight excluding hydrogens is 455 g/mol. The quantitative estimate of drug-likeness (QED) is 0.258. The Labute approximate surface area is 178 Å². The van der Waals surface area contributed by atoms with E-state index < -0.39 is 0 Å². The van der Waals surface area contributed by atoms with Gasteiger partial charge in [0.05, 0.1) is 18.9 Å². The van der Waals surface area contributed by atoms with Crippen molar-refractivity contribution in [2.24, 2.45) is 4.99 Å². The number of fused-ring (bicyclic) bond motifs is 1. The first kappa shape index (κ1) is 21.9. The van der Waals surface area contributed by atoms with E-state index in [2.05, 4.69) is 43.0 Å². The number of imidazole rings is 1. The van der Waals surface area contributed by atoms with E-state index in [1.807, 2.05) is 24.4 Å². The minimum absolute atomic E-state index is 0. The fraction of sp³-hybridized carbons (Fsp3) is 0.579. The molecule has 2 N–H and O–H groups in total. The molecule has 0 bridgehead atoms. The minimum Gasteiger partial charge on any atom is -0.379 e. The lowest BCUT2D eigenvalue weighted by molar-refractivity contribution is 0.0377. The summed E-state index contributed by atoms with van der Waals surface area (Å²) >= 11 is 0. The number of rotatable bonds is 8. The Morgan fingerprint density at radius 3 is 2.89 bits per heavy atom. The molecule has 27 heavy (non-hydrogen) atoms. The predicted octanol–water partition coefficient (Wildman–Crippen LogP) is 1.77. The van der Waals surface area contributed by atoms with Crippen molar-refractivity contribution in [3.8, 4) is 0 Å². The molecule has 0 aromatic carbocycles. The summed E-state index contributed by atoms with van der Waals surface area (Å²) in [6.45, 7) is 9.50. The van der Waals surface area contributed by atoms with Crippen LogP contribution in [0.3, 0.4) is 0 Å². The van der Waals surface area contributed by atoms with Crippen LogP contribution >= 0.6 is 24.0 Å². The van der Waals surface area contributed by atoms with Crippen LogP contribution in [0.4, 0.5) is 0 Å². The average molecular weight is 486 g/mol. The van der Waals surface area contributed by atoms with Gasteiger partial charge in [-0.05, 0) is 25.5 Å². The van der Waals surface area contributed by atoms with E-state index in [1.54, 1.807) is 0 Å². The molecule has 0 amide bonds. The van der Waals surface area contributed by atoms with Crippen LogP contribution in [0.2, 0.25) is 0 Å². The second kappa shape index (κ2) is 12.1. The van der Waals surface area contributed by atoms with E-state index in [0.29, 0.717) is 0 Å². The topological polar surface area (TPSA) is 66.2 Å². The molecule has 1 saturated heterocycles. The van der Waals surface area contributed by atoms with Gasteiger partial charge in [0.1, 0.15) is 5.65 Å². The summed E-state index contributed by atoms with van der Waals surface area (Å²) in [5, 5.41) is 6.72. The normalized spacial score (nSPS) is 15.5. The number of aliphatic imine (C=N–C) groups is 1. The summed E-state index contributed by atoms with van der Waals surface area (Å²) in [6.07, 6.45) is 6.06. The SMILES string of the molecule is CCNC(=NCCCN1CCOCC1)NCCc1cn2ccccc2n1.I. The number of pyridine rings is 1. The highest BCUT2D eigenvalue weighted by atomic mass is 127. The lowest BCUT2D eigenvalue weighted by Gasteiger charge is -2.26. The van der Waals surface area contributed by atoms with Gasteiger partial charge < -0.3 is 19.8 Å². The predicted molar refractivity (Wildman–Crippen MR) is 120 cm³/mol. The van der Waals surface area contributed by atoms with Crippen molar-refractivity contribution in [3.05, 3.63) is 36.3 Å². The van der Waals surface area contributed by atoms with Crippen LogP contribution in [0.25, 0.3) is 5.65 Å². The molecule has 3 heterocycles. The molecule has 2 aromatic heterocycles. The van der Waals surface area contributed by atoms with Crippen LogP contribution in [0.5, 0.6) is 0 Å². The van der Waals surface area contributed by atoms with Gasteiger partial charge >= 0.3 is 0 Å². The fourth-order valence-corrected chi connectivity index (χ4v) is 3.07. The Hall–Kier alpha value is -1.39. The number of nitrogens with zero attached hydrogens (tertiary/aromatic N) is 4. The third-order valence-corrected chi connectivity index (χ3v) is 4.44. The van der Waals surface area contributed by atoms with Gasteiger partial charge in [0.15, 0.2) is 5.96 Å². The van der Waals surface area contributed by atoms with Crippen molar-refractivity contribution in [1.29, 1.82) is 0 Å². The number of hydrogen-bond acceptors (Lipinski definition) is 4. The Balaban J connectivity index is 0.00000261. The zero-order valence-electron chi connectivity index (χ0n) is 16.1. The highest BCUT2D eigenvalue weighted by Crippen LogP contribution is 2.04. The molecule has 150 valence electrons. The van der Waals surface area contributed by atoms with Gasteiger partial charge in [-0.2, -0.15) is 0 Å². The van der Waals surface area contributed by atoms with Crippen molar-refractivity contribution in [2.45, 2.75) is 19.8 Å². The summed E-state index contributed by atoms with van der Waals surface area (Å²) in [7, 11) is 0. The van der Waals surface area contributed by atoms with E-state index in [4.69, 9.17) is 4.74 Å². The van der Waals surface area contributed by atoms with Crippen molar-refractivity contribution < 1.29 is 4.74 Å². The molecule has 0 atom stereocenters. The number of nitrogens with one attached hydrogen (secondary N) is 2. The van der Waals surface area contributed by atoms with Gasteiger partial charge in [0.25, 0.3) is 0 Å². The van der Waals surface area contributed by atoms with Crippen molar-refractivity contribution in [1.82, 2.24) is 24.9 Å². The number of morpholine rings is 1. The van der Waals surface area contributed by atoms with Gasteiger partial charge in [0, 0.05) is 58.1 Å². The maximum Gasteiger partial charge on any atom is 0.191 e. The lowest BCUT2D eigenvalue weighted by atomic mass is 10.3. The first-order chi connectivity index (χ1) is 12.8. The Bertz CT molecular complexity index is 665. The first-order valence-corrected chi connectivity index (χ1v) is 9.60. The Morgan fingerprint density at radius 2 is 2.11 bits per heavy atom. The minimum atomic E-state index is 0. The van der Waals surface area contributed by atoms with Gasteiger partial charge in [-0.1, -0.05) is 6.07 Å². The molecule has 0 saturated carbocycles. The second-order valence-corrected chi connectivity index (χ2v) is 6.44. The molecule has 0 aliphatic carbocycles. The highest BCUT2D eigenvalue weighted by Gasteiger charge is 2.09. The van der Waals surface area contributed by atoms with Crippen LogP contribution in [0.15, 0.2) is 35.6 Å². The van der Waals surface area contributed by atoms with Crippen molar-refractivity contribution in [2.75, 3.05) is 52.5 Å². The lowest BCUT2D eigenvalue weighted by Crippen LogP contribution is -2.39. The zero-order chi connectivity index (χ0) is 18.0. The monoisotopic (exact) mass is 486 g/mol. The standard InChI is InChI=1S/C19H30N6O.HI/c1-2-20-19(21-8-5-10-24-12-14-26-15-13-24)22-9-7-17-16-25-11-4-3-6-18(25)23-17;/h3-4,6,11,16H,2,5,7-10,12-15H2,1H3,(H2,20,21,22);1H. The first-order valence-electron chi connectivity index (χ1n) is 9.60. The fourth-order valence-electron chi connectivity index (χ4n) is 3.07. The van der Waals surface area contributed by atoms with E-state index in [0.717, 1.165) is 82.6 Å². The van der Waals surface area contributed by atoms with Crippen LogP contribution in [0, 0.1) is 0 Å². The van der Waals surface area contributed by atoms with Crippen LogP contribution in [-0.2, 0) is 11.2 Å². The molecule has 0 spiro atoms. The summed E-state index contributed by atoms with van der Waals surface area (Å²) in [6, 6.07) is 6.05. The Kier molecular flexibility index (Phi) is 9.85. The number of guanidine groups is 1. The average Bonchev–Trinajstić information content (AvgIpc) is 3.09. The number of ether oxygens (including phenoxy) is 1. The molecule has 0 unspecified atom stereocenters. The van der Waals surface area contributed by atoms with Crippen LogP contribution < -0.4 is 10.6 Å². The summed E-state index contributed by atoms with van der Waals surface area (Å²) < 4.78 is 7.44. The van der Waals surface area contributed by atoms with Gasteiger partial charge in [-0.15, -0.1) is 24.0 Å². The number of hydrogen-bond donors (Lipinski definition) is 2. The molecule has 0 radical (unpaired) electrons. The van der Waals surface area contributed by atoms with Crippen molar-refractivity contribution >= 4 is 35.6 Å².